The molecular weight excluding hydrogens is 377 g/mol. The van der Waals surface area contributed by atoms with Crippen LogP contribution in [-0.4, -0.2) is 15.9 Å². The Bertz CT molecular complexity index is 650. The Morgan fingerprint density at radius 1 is 1.29 bits per heavy atom. The van der Waals surface area contributed by atoms with Gasteiger partial charge in [0, 0.05) is 27.3 Å². The van der Waals surface area contributed by atoms with E-state index in [1.807, 2.05) is 24.3 Å². The van der Waals surface area contributed by atoms with Gasteiger partial charge in [-0.05, 0) is 34.7 Å². The lowest BCUT2D eigenvalue weighted by atomic mass is 9.89. The fourth-order valence-corrected chi connectivity index (χ4v) is 2.71. The second kappa shape index (κ2) is 6.51. The monoisotopic (exact) mass is 395 g/mol. The molecule has 0 fully saturated rings. The molecule has 1 heterocycles. The van der Waals surface area contributed by atoms with Crippen LogP contribution in [0.2, 0.25) is 0 Å². The van der Waals surface area contributed by atoms with E-state index in [2.05, 4.69) is 58.6 Å². The molecule has 21 heavy (non-hydrogen) atoms. The van der Waals surface area contributed by atoms with Crippen molar-refractivity contribution in [1.29, 1.82) is 0 Å². The van der Waals surface area contributed by atoms with Gasteiger partial charge in [0.25, 0.3) is 5.91 Å². The van der Waals surface area contributed by atoms with Crippen molar-refractivity contribution in [3.63, 3.8) is 0 Å². The number of nitrogens with zero attached hydrogens (tertiary/aromatic N) is 2. The minimum atomic E-state index is -0.0799. The van der Waals surface area contributed by atoms with E-state index in [9.17, 15) is 4.79 Å². The summed E-state index contributed by atoms with van der Waals surface area (Å²) in [5.74, 6) is -0.0799. The number of hydrogen-bond donors (Lipinski definition) is 1. The van der Waals surface area contributed by atoms with E-state index in [4.69, 9.17) is 0 Å². The number of benzene rings is 1. The number of hydrogen-bond acceptors (Lipinski definition) is 3. The van der Waals surface area contributed by atoms with Gasteiger partial charge >= 0.3 is 0 Å². The van der Waals surface area contributed by atoms with Crippen molar-refractivity contribution in [2.75, 3.05) is 0 Å². The van der Waals surface area contributed by atoms with Gasteiger partial charge in [0.2, 0.25) is 0 Å². The zero-order chi connectivity index (χ0) is 15.5. The molecule has 2 rings (SSSR count). The van der Waals surface area contributed by atoms with Gasteiger partial charge < -0.3 is 5.32 Å². The Balaban J connectivity index is 2.14. The molecule has 0 unspecified atom stereocenters. The highest BCUT2D eigenvalue weighted by Crippen LogP contribution is 2.22. The Kier molecular flexibility index (Phi) is 4.92. The van der Waals surface area contributed by atoms with Crippen molar-refractivity contribution < 1.29 is 4.79 Å². The number of nitrogens with one attached hydrogen (secondary N) is 1. The highest BCUT2D eigenvalue weighted by atomic mass is 127. The Labute approximate surface area is 138 Å². The van der Waals surface area contributed by atoms with E-state index in [-0.39, 0.29) is 11.3 Å². The van der Waals surface area contributed by atoms with Crippen LogP contribution in [0.5, 0.6) is 0 Å². The fraction of sp³-hybridized carbons (Fsp3) is 0.312. The zero-order valence-corrected chi connectivity index (χ0v) is 14.5. The third-order valence-corrected chi connectivity index (χ3v) is 4.00. The molecule has 4 nitrogen and oxygen atoms in total. The van der Waals surface area contributed by atoms with Crippen molar-refractivity contribution in [1.82, 2.24) is 15.3 Å². The number of rotatable bonds is 3. The third-order valence-electron chi connectivity index (χ3n) is 3.06. The second-order valence-corrected chi connectivity index (χ2v) is 6.97. The molecule has 0 saturated carbocycles. The van der Waals surface area contributed by atoms with Crippen LogP contribution >= 0.6 is 22.6 Å². The number of carbonyl (C=O) groups is 1. The summed E-state index contributed by atoms with van der Waals surface area (Å²) in [6, 6.07) is 7.52. The second-order valence-electron chi connectivity index (χ2n) is 5.81. The predicted octanol–water partition coefficient (Wildman–Crippen LogP) is 3.31. The molecule has 110 valence electrons. The van der Waals surface area contributed by atoms with Crippen LogP contribution in [0.15, 0.2) is 36.8 Å². The van der Waals surface area contributed by atoms with Crippen LogP contribution in [-0.2, 0) is 12.0 Å². The van der Waals surface area contributed by atoms with Gasteiger partial charge in [-0.2, -0.15) is 0 Å². The smallest absolute Gasteiger partial charge is 0.252 e. The molecule has 2 aromatic rings. The van der Waals surface area contributed by atoms with Crippen LogP contribution in [0.4, 0.5) is 0 Å². The minimum Gasteiger partial charge on any atom is -0.348 e. The highest BCUT2D eigenvalue weighted by Gasteiger charge is 2.20. The summed E-state index contributed by atoms with van der Waals surface area (Å²) in [4.78, 5) is 20.7. The van der Waals surface area contributed by atoms with Gasteiger partial charge in [0.05, 0.1) is 11.3 Å². The van der Waals surface area contributed by atoms with Crippen LogP contribution < -0.4 is 5.32 Å². The summed E-state index contributed by atoms with van der Waals surface area (Å²) in [6.45, 7) is 6.72. The first-order valence-corrected chi connectivity index (χ1v) is 7.79. The van der Waals surface area contributed by atoms with Gasteiger partial charge in [-0.15, -0.1) is 0 Å². The molecule has 0 aliphatic rings. The molecule has 0 aliphatic carbocycles. The van der Waals surface area contributed by atoms with E-state index >= 15 is 0 Å². The molecule has 1 amide bonds. The molecule has 1 N–H and O–H groups in total. The first-order chi connectivity index (χ1) is 9.89. The van der Waals surface area contributed by atoms with Gasteiger partial charge in [0.15, 0.2) is 0 Å². The lowest BCUT2D eigenvalue weighted by Gasteiger charge is -2.21. The largest absolute Gasteiger partial charge is 0.348 e. The van der Waals surface area contributed by atoms with E-state index < -0.39 is 0 Å². The number of halogens is 1. The van der Waals surface area contributed by atoms with Crippen molar-refractivity contribution >= 4 is 28.5 Å². The topological polar surface area (TPSA) is 54.9 Å². The molecule has 1 aromatic carbocycles. The third kappa shape index (κ3) is 4.00. The van der Waals surface area contributed by atoms with Gasteiger partial charge in [-0.1, -0.05) is 32.9 Å². The van der Waals surface area contributed by atoms with Crippen LogP contribution in [0.3, 0.4) is 0 Å². The van der Waals surface area contributed by atoms with E-state index in [0.29, 0.717) is 12.1 Å². The Morgan fingerprint density at radius 2 is 2.00 bits per heavy atom. The first kappa shape index (κ1) is 15.9. The summed E-state index contributed by atoms with van der Waals surface area (Å²) < 4.78 is 0.938. The van der Waals surface area contributed by atoms with Crippen LogP contribution in [0, 0.1) is 3.57 Å². The van der Waals surface area contributed by atoms with Crippen LogP contribution in [0.25, 0.3) is 0 Å². The summed E-state index contributed by atoms with van der Waals surface area (Å²) in [7, 11) is 0. The minimum absolute atomic E-state index is 0.0792. The quantitative estimate of drug-likeness (QED) is 0.812. The lowest BCUT2D eigenvalue weighted by Crippen LogP contribution is -2.26. The zero-order valence-electron chi connectivity index (χ0n) is 12.4. The summed E-state index contributed by atoms with van der Waals surface area (Å²) in [5.41, 5.74) is 2.52. The van der Waals surface area contributed by atoms with Crippen molar-refractivity contribution in [2.24, 2.45) is 0 Å². The molecule has 0 bridgehead atoms. The summed E-state index contributed by atoms with van der Waals surface area (Å²) >= 11 is 2.16. The molecule has 0 atom stereocenters. The highest BCUT2D eigenvalue weighted by molar-refractivity contribution is 14.1. The molecular formula is C16H18IN3O. The average Bonchev–Trinajstić information content (AvgIpc) is 2.44. The molecule has 0 saturated heterocycles. The molecule has 5 heteroatoms. The number of amides is 1. The predicted molar refractivity (Wildman–Crippen MR) is 91.1 cm³/mol. The maximum Gasteiger partial charge on any atom is 0.252 e. The van der Waals surface area contributed by atoms with E-state index in [0.717, 1.165) is 14.8 Å². The number of aromatic nitrogens is 2. The summed E-state index contributed by atoms with van der Waals surface area (Å²) in [6.07, 6.45) is 3.32. The molecule has 0 spiro atoms. The molecule has 0 radical (unpaired) electrons. The first-order valence-electron chi connectivity index (χ1n) is 6.71. The Hall–Kier alpha value is -1.50. The van der Waals surface area contributed by atoms with Crippen molar-refractivity contribution in [2.45, 2.75) is 32.7 Å². The average molecular weight is 395 g/mol. The van der Waals surface area contributed by atoms with Gasteiger partial charge in [-0.25, -0.2) is 9.97 Å². The standard InChI is InChI=1S/C16H18IN3O/c1-16(2,3)14-11(8-18-10-20-14)9-19-15(21)12-6-4-5-7-13(12)17/h4-8,10H,9H2,1-3H3,(H,19,21). The normalized spacial score (nSPS) is 11.2. The summed E-state index contributed by atoms with van der Waals surface area (Å²) in [5, 5.41) is 2.94. The van der Waals surface area contributed by atoms with Crippen LogP contribution in [0.1, 0.15) is 42.4 Å². The van der Waals surface area contributed by atoms with Crippen molar-refractivity contribution in [3.05, 3.63) is 57.2 Å². The van der Waals surface area contributed by atoms with E-state index in [1.54, 1.807) is 12.5 Å². The van der Waals surface area contributed by atoms with E-state index in [1.165, 1.54) is 0 Å². The molecule has 0 aliphatic heterocycles. The van der Waals surface area contributed by atoms with Crippen molar-refractivity contribution in [3.8, 4) is 0 Å². The maximum atomic E-state index is 12.2. The Morgan fingerprint density at radius 3 is 2.67 bits per heavy atom. The number of carbonyl (C=O) groups excluding carboxylic acids is 1. The van der Waals surface area contributed by atoms with Gasteiger partial charge in [-0.3, -0.25) is 4.79 Å². The maximum absolute atomic E-state index is 12.2. The van der Waals surface area contributed by atoms with Gasteiger partial charge in [0.1, 0.15) is 6.33 Å². The molecule has 1 aromatic heterocycles. The lowest BCUT2D eigenvalue weighted by molar-refractivity contribution is 0.0949. The fourth-order valence-electron chi connectivity index (χ4n) is 2.08. The SMILES string of the molecule is CC(C)(C)c1ncncc1CNC(=O)c1ccccc1I.